The minimum absolute atomic E-state index is 1.16. The third-order valence-corrected chi connectivity index (χ3v) is 26.4. The Labute approximate surface area is 689 Å². The van der Waals surface area contributed by atoms with Gasteiger partial charge in [0.05, 0.1) is 49.8 Å². The van der Waals surface area contributed by atoms with Gasteiger partial charge in [-0.1, -0.05) is 334 Å². The predicted octanol–water partition coefficient (Wildman–Crippen LogP) is 31.7. The van der Waals surface area contributed by atoms with Crippen LogP contribution in [0.1, 0.15) is 0 Å². The first kappa shape index (κ1) is 68.7. The third-order valence-electron chi connectivity index (χ3n) is 23.9. The summed E-state index contributed by atoms with van der Waals surface area (Å²) in [4.78, 5) is 0. The van der Waals surface area contributed by atoms with E-state index >= 15 is 0 Å². The summed E-state index contributed by atoms with van der Waals surface area (Å²) < 4.78 is 15.0. The number of hydrogen-bond acceptors (Lipinski definition) is 2. The molecule has 0 aliphatic carbocycles. The molecule has 25 rings (SSSR count). The van der Waals surface area contributed by atoms with Crippen LogP contribution >= 0.6 is 22.7 Å². The van der Waals surface area contributed by atoms with Gasteiger partial charge in [-0.2, -0.15) is 0 Å². The molecule has 118 heavy (non-hydrogen) atoms. The maximum atomic E-state index is 2.44. The SMILES string of the molecule is c1ccc(-c2ccc(-n3c4ccccc4c4ccc(-c5cccc6c5c5ccccc5n6-c5cccc6ccccc56)cc43)cc2)cc1.c1ccc(-c2ccc(-n3c4ccccc4c4ccc(-c5cccc6c5sc5ccccc56)cc43)cc2)cc1.c1ccc(-n2c3ccccc3c3ccc(-c4cccc5c4sc4ccccc45)cc32)cc1. The van der Waals surface area contributed by atoms with Crippen LogP contribution in [0.15, 0.2) is 437 Å². The van der Waals surface area contributed by atoms with Crippen molar-refractivity contribution in [2.45, 2.75) is 0 Å². The molecule has 0 aliphatic heterocycles. The van der Waals surface area contributed by atoms with E-state index in [9.17, 15) is 0 Å². The molecule has 0 radical (unpaired) electrons. The maximum Gasteiger partial charge on any atom is 0.0547 e. The first-order chi connectivity index (χ1) is 58.6. The number of thiophene rings is 2. The summed E-state index contributed by atoms with van der Waals surface area (Å²) in [6.07, 6.45) is 0. The zero-order valence-electron chi connectivity index (χ0n) is 64.2. The van der Waals surface area contributed by atoms with Gasteiger partial charge in [-0.3, -0.25) is 0 Å². The van der Waals surface area contributed by atoms with Crippen LogP contribution in [0.5, 0.6) is 0 Å². The molecular weight excluding hydrogens is 1470 g/mol. The maximum absolute atomic E-state index is 2.44. The monoisotopic (exact) mass is 1540 g/mol. The van der Waals surface area contributed by atoms with E-state index in [0.29, 0.717) is 0 Å². The molecule has 0 bridgehead atoms. The molecule has 0 unspecified atom stereocenters. The van der Waals surface area contributed by atoms with E-state index in [0.717, 1.165) is 5.69 Å². The fourth-order valence-electron chi connectivity index (χ4n) is 18.6. The van der Waals surface area contributed by atoms with Gasteiger partial charge in [0, 0.05) is 106 Å². The molecule has 0 saturated carbocycles. The summed E-state index contributed by atoms with van der Waals surface area (Å²) in [5, 5.41) is 18.0. The Bertz CT molecular complexity index is 8210. The van der Waals surface area contributed by atoms with Crippen molar-refractivity contribution >= 4 is 161 Å². The van der Waals surface area contributed by atoms with Gasteiger partial charge in [0.25, 0.3) is 0 Å². The molecule has 0 atom stereocenters. The highest BCUT2D eigenvalue weighted by Crippen LogP contribution is 2.47. The molecule has 0 amide bonds. The number of fused-ring (bicyclic) bond motifs is 19. The lowest BCUT2D eigenvalue weighted by Gasteiger charge is -2.12. The second-order valence-electron chi connectivity index (χ2n) is 30.5. The second-order valence-corrected chi connectivity index (χ2v) is 32.6. The van der Waals surface area contributed by atoms with E-state index < -0.39 is 0 Å². The fourth-order valence-corrected chi connectivity index (χ4v) is 21.0. The van der Waals surface area contributed by atoms with E-state index in [1.54, 1.807) is 0 Å². The van der Waals surface area contributed by atoms with Crippen molar-refractivity contribution in [3.8, 4) is 78.4 Å². The molecule has 6 aromatic heterocycles. The van der Waals surface area contributed by atoms with Crippen LogP contribution < -0.4 is 0 Å². The molecule has 25 aromatic rings. The fraction of sp³-hybridized carbons (Fsp3) is 0. The summed E-state index contributed by atoms with van der Waals surface area (Å²) in [6.45, 7) is 0. The molecule has 6 heterocycles. The number of rotatable bonds is 9. The minimum Gasteiger partial charge on any atom is -0.309 e. The van der Waals surface area contributed by atoms with Crippen LogP contribution in [0.3, 0.4) is 0 Å². The topological polar surface area (TPSA) is 19.7 Å². The lowest BCUT2D eigenvalue weighted by molar-refractivity contribution is 1.18. The summed E-state index contributed by atoms with van der Waals surface area (Å²) in [5.74, 6) is 0. The van der Waals surface area contributed by atoms with Crippen LogP contribution in [0, 0.1) is 0 Å². The Balaban J connectivity index is 0.000000106. The van der Waals surface area contributed by atoms with Crippen LogP contribution in [-0.2, 0) is 0 Å². The van der Waals surface area contributed by atoms with Crippen LogP contribution in [0.4, 0.5) is 0 Å². The van der Waals surface area contributed by atoms with Gasteiger partial charge in [0.15, 0.2) is 0 Å². The van der Waals surface area contributed by atoms with Crippen molar-refractivity contribution < 1.29 is 0 Å². The van der Waals surface area contributed by atoms with Crippen molar-refractivity contribution in [1.82, 2.24) is 18.3 Å². The summed E-state index contributed by atoms with van der Waals surface area (Å²) in [7, 11) is 0. The lowest BCUT2D eigenvalue weighted by Crippen LogP contribution is -1.95. The number of benzene rings is 19. The van der Waals surface area contributed by atoms with E-state index in [2.05, 4.69) is 455 Å². The number of para-hydroxylation sites is 5. The summed E-state index contributed by atoms with van der Waals surface area (Å²) >= 11 is 3.77. The van der Waals surface area contributed by atoms with E-state index in [-0.39, 0.29) is 0 Å². The van der Waals surface area contributed by atoms with Crippen LogP contribution in [0.2, 0.25) is 0 Å². The van der Waals surface area contributed by atoms with Crippen molar-refractivity contribution in [3.63, 3.8) is 0 Å². The smallest absolute Gasteiger partial charge is 0.0547 e. The Morgan fingerprint density at radius 2 is 0.466 bits per heavy atom. The lowest BCUT2D eigenvalue weighted by atomic mass is 9.98. The molecule has 19 aromatic carbocycles. The molecule has 552 valence electrons. The first-order valence-corrected chi connectivity index (χ1v) is 42.0. The van der Waals surface area contributed by atoms with E-state index in [1.807, 2.05) is 22.7 Å². The van der Waals surface area contributed by atoms with Crippen LogP contribution in [0.25, 0.3) is 217 Å². The Kier molecular flexibility index (Phi) is 16.6. The Morgan fingerprint density at radius 3 is 0.941 bits per heavy atom. The van der Waals surface area contributed by atoms with Gasteiger partial charge in [0.2, 0.25) is 0 Å². The first-order valence-electron chi connectivity index (χ1n) is 40.4. The van der Waals surface area contributed by atoms with Gasteiger partial charge in [-0.15, -0.1) is 22.7 Å². The molecular formula is C112H72N4S2. The average molecular weight is 1540 g/mol. The Hall–Kier alpha value is -14.9. The highest BCUT2D eigenvalue weighted by Gasteiger charge is 2.23. The molecule has 0 saturated heterocycles. The zero-order valence-corrected chi connectivity index (χ0v) is 65.8. The molecule has 0 N–H and O–H groups in total. The number of hydrogen-bond donors (Lipinski definition) is 0. The van der Waals surface area contributed by atoms with Gasteiger partial charge in [-0.05, 0) is 164 Å². The summed E-state index contributed by atoms with van der Waals surface area (Å²) in [6, 6.07) is 159. The number of aromatic nitrogens is 4. The van der Waals surface area contributed by atoms with Gasteiger partial charge in [0.1, 0.15) is 0 Å². The van der Waals surface area contributed by atoms with Crippen molar-refractivity contribution in [1.29, 1.82) is 0 Å². The largest absolute Gasteiger partial charge is 0.309 e. The van der Waals surface area contributed by atoms with E-state index in [4.69, 9.17) is 0 Å². The van der Waals surface area contributed by atoms with Crippen molar-refractivity contribution in [2.24, 2.45) is 0 Å². The van der Waals surface area contributed by atoms with Crippen molar-refractivity contribution in [3.05, 3.63) is 437 Å². The molecule has 6 heteroatoms. The zero-order chi connectivity index (χ0) is 77.7. The quantitative estimate of drug-likeness (QED) is 0.137. The second kappa shape index (κ2) is 28.6. The van der Waals surface area contributed by atoms with Gasteiger partial charge in [-0.25, -0.2) is 0 Å². The third kappa shape index (κ3) is 11.5. The van der Waals surface area contributed by atoms with Crippen molar-refractivity contribution in [2.75, 3.05) is 0 Å². The molecule has 0 fully saturated rings. The highest BCUT2D eigenvalue weighted by atomic mass is 32.1. The van der Waals surface area contributed by atoms with Gasteiger partial charge < -0.3 is 18.3 Å². The molecule has 0 aliphatic rings. The molecule has 0 spiro atoms. The highest BCUT2D eigenvalue weighted by molar-refractivity contribution is 7.26. The van der Waals surface area contributed by atoms with Gasteiger partial charge >= 0.3 is 0 Å². The molecule has 4 nitrogen and oxygen atoms in total. The van der Waals surface area contributed by atoms with Crippen LogP contribution in [-0.4, -0.2) is 18.3 Å². The van der Waals surface area contributed by atoms with E-state index in [1.165, 1.54) is 211 Å². The summed E-state index contributed by atoms with van der Waals surface area (Å²) in [5.41, 5.74) is 27.0. The normalized spacial score (nSPS) is 11.7. The Morgan fingerprint density at radius 1 is 0.161 bits per heavy atom. The standard InChI is InChI=1S/C46H30N2.C36H23NS.C30H19NS/c1-2-12-31(13-3-1)32-24-27-35(28-25-32)47-42-20-8-6-17-38(42)39-29-26-34(30-45(39)47)37-19-11-23-44-46(37)40-18-7-9-21-43(40)48(44)41-22-10-15-33-14-4-5-16-36(33)41;1-2-9-24(10-3-1)25-17-20-27(21-18-25)37-33-15-6-4-11-29(33)30-22-19-26(23-34(30)37)28-13-8-14-32-31-12-5-7-16-35(31)38-36(28)32;1-2-9-21(10-3-1)31-27-15-6-4-11-23(27)24-18-17-20(19-28(24)31)22-13-8-14-26-25-12-5-7-16-29(25)32-30(22)26/h1-30H;1-23H;1-19H. The number of nitrogens with zero attached hydrogens (tertiary/aromatic N) is 4. The predicted molar refractivity (Wildman–Crippen MR) is 507 cm³/mol. The average Bonchev–Trinajstić information content (AvgIpc) is 1.57. The minimum atomic E-state index is 1.16.